The zero-order valence-electron chi connectivity index (χ0n) is 20.4. The van der Waals surface area contributed by atoms with Gasteiger partial charge in [-0.05, 0) is 43.9 Å². The van der Waals surface area contributed by atoms with E-state index in [1.165, 1.54) is 12.1 Å². The Balaban J connectivity index is 1.53. The van der Waals surface area contributed by atoms with Gasteiger partial charge in [0.05, 0.1) is 0 Å². The van der Waals surface area contributed by atoms with E-state index >= 15 is 0 Å². The molecule has 0 saturated heterocycles. The Hall–Kier alpha value is -2.20. The summed E-state index contributed by atoms with van der Waals surface area (Å²) in [6.07, 6.45) is 7.27. The van der Waals surface area contributed by atoms with Crippen LogP contribution in [0, 0.1) is 11.8 Å². The second-order valence-electron chi connectivity index (χ2n) is 9.14. The maximum absolute atomic E-state index is 12.2. The molecule has 35 heavy (non-hydrogen) atoms. The second kappa shape index (κ2) is 15.0. The monoisotopic (exact) mass is 528 g/mol. The molecular weight excluding hydrogens is 492 g/mol. The smallest absolute Gasteiger partial charge is 0.226 e. The molecule has 0 fully saturated rings. The highest BCUT2D eigenvalue weighted by molar-refractivity contribution is 7.85. The topological polar surface area (TPSA) is 135 Å². The van der Waals surface area contributed by atoms with Crippen LogP contribution in [0.25, 0.3) is 0 Å². The minimum atomic E-state index is -0.940. The van der Waals surface area contributed by atoms with Gasteiger partial charge in [0.15, 0.2) is 11.5 Å². The molecule has 4 unspecified atom stereocenters. The van der Waals surface area contributed by atoms with Crippen molar-refractivity contribution in [2.45, 2.75) is 58.8 Å². The highest BCUT2D eigenvalue weighted by Gasteiger charge is 2.11. The number of rotatable bonds is 16. The molecule has 0 aromatic carbocycles. The van der Waals surface area contributed by atoms with Gasteiger partial charge in [-0.3, -0.25) is 18.0 Å². The van der Waals surface area contributed by atoms with Crippen molar-refractivity contribution in [3.8, 4) is 11.5 Å². The van der Waals surface area contributed by atoms with Crippen LogP contribution in [0.3, 0.4) is 0 Å². The van der Waals surface area contributed by atoms with Gasteiger partial charge in [-0.1, -0.05) is 13.8 Å². The maximum Gasteiger partial charge on any atom is 0.226 e. The zero-order chi connectivity index (χ0) is 25.8. The van der Waals surface area contributed by atoms with E-state index in [0.717, 1.165) is 38.2 Å². The summed E-state index contributed by atoms with van der Waals surface area (Å²) in [7, 11) is -1.88. The average Bonchev–Trinajstić information content (AvgIpc) is 2.79. The predicted octanol–water partition coefficient (Wildman–Crippen LogP) is 3.51. The molecule has 0 aliphatic rings. The van der Waals surface area contributed by atoms with E-state index in [0.29, 0.717) is 53.8 Å². The van der Waals surface area contributed by atoms with Crippen molar-refractivity contribution in [1.29, 1.82) is 0 Å². The lowest BCUT2D eigenvalue weighted by Crippen LogP contribution is -2.11. The van der Waals surface area contributed by atoms with E-state index in [4.69, 9.17) is 8.83 Å². The summed E-state index contributed by atoms with van der Waals surface area (Å²) >= 11 is 0. The van der Waals surface area contributed by atoms with Gasteiger partial charge in [0.25, 0.3) is 0 Å². The van der Waals surface area contributed by atoms with Crippen molar-refractivity contribution >= 4 is 21.6 Å². The summed E-state index contributed by atoms with van der Waals surface area (Å²) in [4.78, 5) is 22.9. The van der Waals surface area contributed by atoms with Crippen LogP contribution in [0.2, 0.25) is 0 Å². The lowest BCUT2D eigenvalue weighted by Gasteiger charge is -2.11. The van der Waals surface area contributed by atoms with Crippen LogP contribution >= 0.6 is 0 Å². The third kappa shape index (κ3) is 11.4. The quantitative estimate of drug-likeness (QED) is 0.338. The molecule has 10 heteroatoms. The van der Waals surface area contributed by atoms with Gasteiger partial charge >= 0.3 is 0 Å². The molecular formula is C25H36O8S2. The first-order valence-corrected chi connectivity index (χ1v) is 14.9. The first-order chi connectivity index (χ1) is 16.6. The minimum absolute atomic E-state index is 0.264. The Morgan fingerprint density at radius 3 is 1.46 bits per heavy atom. The van der Waals surface area contributed by atoms with E-state index in [1.807, 2.05) is 13.8 Å². The molecule has 196 valence electrons. The summed E-state index contributed by atoms with van der Waals surface area (Å²) in [5.41, 5.74) is -0.897. The van der Waals surface area contributed by atoms with Crippen molar-refractivity contribution in [2.75, 3.05) is 23.0 Å². The maximum atomic E-state index is 12.2. The van der Waals surface area contributed by atoms with E-state index in [2.05, 4.69) is 0 Å². The van der Waals surface area contributed by atoms with Gasteiger partial charge in [-0.2, -0.15) is 0 Å². The van der Waals surface area contributed by atoms with E-state index < -0.39 is 44.0 Å². The van der Waals surface area contributed by atoms with E-state index in [-0.39, 0.29) is 11.8 Å². The number of hydrogen-bond donors (Lipinski definition) is 2. The molecule has 0 aliphatic heterocycles. The highest BCUT2D eigenvalue weighted by Crippen LogP contribution is 2.16. The summed E-state index contributed by atoms with van der Waals surface area (Å²) in [6, 6.07) is 2.61. The molecule has 0 saturated carbocycles. The largest absolute Gasteiger partial charge is 0.502 e. The van der Waals surface area contributed by atoms with Gasteiger partial charge in [0, 0.05) is 69.6 Å². The van der Waals surface area contributed by atoms with Crippen molar-refractivity contribution in [2.24, 2.45) is 11.8 Å². The third-order valence-electron chi connectivity index (χ3n) is 5.71. The summed E-state index contributed by atoms with van der Waals surface area (Å²) in [5, 5.41) is 18.5. The van der Waals surface area contributed by atoms with Crippen molar-refractivity contribution in [3.05, 3.63) is 56.6 Å². The molecule has 0 radical (unpaired) electrons. The Bertz CT molecular complexity index is 1010. The third-order valence-corrected chi connectivity index (χ3v) is 8.69. The Morgan fingerprint density at radius 2 is 1.09 bits per heavy atom. The Labute approximate surface area is 210 Å². The van der Waals surface area contributed by atoms with Crippen LogP contribution in [-0.2, 0) is 34.4 Å². The van der Waals surface area contributed by atoms with Gasteiger partial charge in [0.1, 0.15) is 24.0 Å². The molecule has 2 N–H and O–H groups in total. The minimum Gasteiger partial charge on any atom is -0.502 e. The molecule has 4 atom stereocenters. The van der Waals surface area contributed by atoms with Gasteiger partial charge < -0.3 is 19.0 Å². The highest BCUT2D eigenvalue weighted by atomic mass is 32.2. The lowest BCUT2D eigenvalue weighted by molar-refractivity contribution is 0.391. The lowest BCUT2D eigenvalue weighted by atomic mass is 10.0. The van der Waals surface area contributed by atoms with Crippen LogP contribution in [0.1, 0.15) is 57.5 Å². The molecule has 0 amide bonds. The van der Waals surface area contributed by atoms with E-state index in [1.54, 1.807) is 0 Å². The SMILES string of the molecule is CC(CCCS(=O)CCCS(=O)CCCC(C)Cc1cc(=O)c(O)co1)Cc1cc(=O)c(O)co1. The summed E-state index contributed by atoms with van der Waals surface area (Å²) in [6.45, 7) is 4.08. The van der Waals surface area contributed by atoms with Crippen molar-refractivity contribution in [3.63, 3.8) is 0 Å². The molecule has 2 heterocycles. The fourth-order valence-electron chi connectivity index (χ4n) is 3.76. The van der Waals surface area contributed by atoms with Gasteiger partial charge in [0.2, 0.25) is 10.9 Å². The fourth-order valence-corrected chi connectivity index (χ4v) is 6.26. The van der Waals surface area contributed by atoms with Crippen LogP contribution in [0.5, 0.6) is 11.5 Å². The Kier molecular flexibility index (Phi) is 12.5. The standard InChI is InChI=1S/C25H36O8S2/c1-18(12-20-14-22(26)24(28)16-32-20)6-3-8-34(30)10-5-11-35(31)9-4-7-19(2)13-21-15-23(27)25(29)17-33-21/h14-19,28-29H,3-13H2,1-2H3. The van der Waals surface area contributed by atoms with Crippen LogP contribution in [0.15, 0.2) is 43.1 Å². The molecule has 2 rings (SSSR count). The molecule has 0 aliphatic carbocycles. The molecule has 2 aromatic rings. The first-order valence-electron chi connectivity index (χ1n) is 11.9. The Morgan fingerprint density at radius 1 is 0.714 bits per heavy atom. The van der Waals surface area contributed by atoms with Crippen molar-refractivity contribution < 1.29 is 27.5 Å². The average molecular weight is 529 g/mol. The fraction of sp³-hybridized carbons (Fsp3) is 0.600. The van der Waals surface area contributed by atoms with Gasteiger partial charge in [-0.15, -0.1) is 0 Å². The van der Waals surface area contributed by atoms with Crippen LogP contribution in [-0.4, -0.2) is 41.6 Å². The summed E-state index contributed by atoms with van der Waals surface area (Å²) < 4.78 is 34.9. The van der Waals surface area contributed by atoms with Crippen molar-refractivity contribution in [1.82, 2.24) is 0 Å². The molecule has 8 nitrogen and oxygen atoms in total. The molecule has 0 bridgehead atoms. The molecule has 2 aromatic heterocycles. The second-order valence-corrected chi connectivity index (χ2v) is 12.5. The first kappa shape index (κ1) is 29.0. The zero-order valence-corrected chi connectivity index (χ0v) is 22.0. The van der Waals surface area contributed by atoms with Crippen LogP contribution < -0.4 is 10.9 Å². The predicted molar refractivity (Wildman–Crippen MR) is 138 cm³/mol. The number of aromatic hydroxyl groups is 2. The number of hydrogen-bond acceptors (Lipinski definition) is 8. The molecule has 0 spiro atoms. The van der Waals surface area contributed by atoms with Crippen LogP contribution in [0.4, 0.5) is 0 Å². The van der Waals surface area contributed by atoms with Gasteiger partial charge in [-0.25, -0.2) is 0 Å². The summed E-state index contributed by atoms with van der Waals surface area (Å²) in [5.74, 6) is 3.09. The van der Waals surface area contributed by atoms with E-state index in [9.17, 15) is 28.2 Å². The normalized spacial score (nSPS) is 14.9.